The van der Waals surface area contributed by atoms with Gasteiger partial charge in [-0.25, -0.2) is 4.18 Å². The Kier molecular flexibility index (Phi) is 8.01. The number of aliphatic hydroxyl groups is 2. The van der Waals surface area contributed by atoms with E-state index in [1.165, 1.54) is 24.3 Å². The second kappa shape index (κ2) is 9.28. The van der Waals surface area contributed by atoms with E-state index in [1.54, 1.807) is 0 Å². The molecule has 0 aliphatic carbocycles. The predicted molar refractivity (Wildman–Crippen MR) is 83.4 cm³/mol. The summed E-state index contributed by atoms with van der Waals surface area (Å²) >= 11 is 0. The van der Waals surface area contributed by atoms with E-state index < -0.39 is 51.7 Å². The second-order valence-electron chi connectivity index (χ2n) is 4.87. The maximum absolute atomic E-state index is 10.6. The average Bonchev–Trinajstić information content (AvgIpc) is 2.47. The smallest absolute Gasteiger partial charge is 0.397 e. The topological polar surface area (TPSA) is 177 Å². The molecule has 0 saturated heterocycles. The summed E-state index contributed by atoms with van der Waals surface area (Å²) in [4.78, 5) is 0. The van der Waals surface area contributed by atoms with Crippen molar-refractivity contribution >= 4 is 20.5 Å². The van der Waals surface area contributed by atoms with Crippen molar-refractivity contribution in [3.8, 4) is 11.5 Å². The molecule has 0 aromatic heterocycles. The third-order valence-electron chi connectivity index (χ3n) is 2.50. The van der Waals surface area contributed by atoms with Crippen LogP contribution in [0.1, 0.15) is 0 Å². The van der Waals surface area contributed by atoms with Crippen LogP contribution in [0.25, 0.3) is 0 Å². The van der Waals surface area contributed by atoms with E-state index in [-0.39, 0.29) is 18.1 Å². The lowest BCUT2D eigenvalue weighted by molar-refractivity contribution is 0.0602. The molecule has 4 N–H and O–H groups in total. The molecular formula is C12H18O11S2. The molecule has 0 aliphatic heterocycles. The van der Waals surface area contributed by atoms with Gasteiger partial charge in [0.05, 0.1) is 6.61 Å². The van der Waals surface area contributed by atoms with Crippen LogP contribution >= 0.6 is 0 Å². The van der Waals surface area contributed by atoms with E-state index >= 15 is 0 Å². The van der Waals surface area contributed by atoms with Gasteiger partial charge in [0.2, 0.25) is 0 Å². The summed E-state index contributed by atoms with van der Waals surface area (Å²) in [6, 6.07) is 5.88. The summed E-state index contributed by atoms with van der Waals surface area (Å²) in [5.41, 5.74) is 0. The van der Waals surface area contributed by atoms with E-state index in [0.29, 0.717) is 0 Å². The highest BCUT2D eigenvalue weighted by molar-refractivity contribution is 7.85. The Balaban J connectivity index is 2.46. The van der Waals surface area contributed by atoms with E-state index in [0.717, 1.165) is 0 Å². The molecule has 1 aromatic rings. The van der Waals surface area contributed by atoms with Gasteiger partial charge >= 0.3 is 10.4 Å². The summed E-state index contributed by atoms with van der Waals surface area (Å²) < 4.78 is 73.2. The first-order chi connectivity index (χ1) is 11.4. The molecule has 0 saturated carbocycles. The van der Waals surface area contributed by atoms with Crippen molar-refractivity contribution in [3.63, 3.8) is 0 Å². The van der Waals surface area contributed by atoms with E-state index in [1.807, 2.05) is 0 Å². The first-order valence-electron chi connectivity index (χ1n) is 6.73. The normalized spacial score (nSPS) is 14.7. The first-order valence-corrected chi connectivity index (χ1v) is 9.71. The maximum Gasteiger partial charge on any atom is 0.397 e. The number of hydrogen-bond donors (Lipinski definition) is 4. The first kappa shape index (κ1) is 21.6. The van der Waals surface area contributed by atoms with Gasteiger partial charge in [-0.3, -0.25) is 9.11 Å². The average molecular weight is 402 g/mol. The van der Waals surface area contributed by atoms with Crippen molar-refractivity contribution < 1.29 is 49.8 Å². The summed E-state index contributed by atoms with van der Waals surface area (Å²) in [6.07, 6.45) is -2.76. The Labute approximate surface area is 144 Å². The van der Waals surface area contributed by atoms with Gasteiger partial charge in [-0.1, -0.05) is 6.07 Å². The number of benzene rings is 1. The summed E-state index contributed by atoms with van der Waals surface area (Å²) in [7, 11) is -8.98. The molecule has 0 fully saturated rings. The number of rotatable bonds is 11. The van der Waals surface area contributed by atoms with Crippen LogP contribution in [0.15, 0.2) is 24.3 Å². The van der Waals surface area contributed by atoms with Crippen molar-refractivity contribution in [1.82, 2.24) is 0 Å². The summed E-state index contributed by atoms with van der Waals surface area (Å²) in [5.74, 6) is -0.424. The molecule has 2 atom stereocenters. The molecule has 0 spiro atoms. The molecule has 1 aromatic carbocycles. The van der Waals surface area contributed by atoms with Gasteiger partial charge in [-0.2, -0.15) is 16.8 Å². The quantitative estimate of drug-likeness (QED) is 0.329. The van der Waals surface area contributed by atoms with Crippen molar-refractivity contribution in [3.05, 3.63) is 24.3 Å². The second-order valence-corrected chi connectivity index (χ2v) is 7.45. The van der Waals surface area contributed by atoms with Crippen molar-refractivity contribution in [1.29, 1.82) is 0 Å². The van der Waals surface area contributed by atoms with E-state index in [2.05, 4.69) is 4.18 Å². The SMILES string of the molecule is O=S(=O)(O)C[C@@H](O)COc1cccc(OC[C@H](O)COS(=O)(=O)O)c1. The Morgan fingerprint density at radius 3 is 1.88 bits per heavy atom. The van der Waals surface area contributed by atoms with Crippen LogP contribution in [0.3, 0.4) is 0 Å². The molecule has 0 aliphatic rings. The lowest BCUT2D eigenvalue weighted by Gasteiger charge is -2.14. The molecular weight excluding hydrogens is 384 g/mol. The maximum atomic E-state index is 10.6. The summed E-state index contributed by atoms with van der Waals surface area (Å²) in [5, 5.41) is 18.9. The van der Waals surface area contributed by atoms with Crippen LogP contribution in [0.5, 0.6) is 11.5 Å². The highest BCUT2D eigenvalue weighted by Crippen LogP contribution is 2.19. The molecule has 11 nitrogen and oxygen atoms in total. The number of hydrogen-bond acceptors (Lipinski definition) is 9. The standard InChI is InChI=1S/C12H18O11S2/c13-9(7-23-25(18,19)20)5-21-11-2-1-3-12(4-11)22-6-10(14)8-24(15,16)17/h1-4,9-10,13-14H,5-8H2,(H,15,16,17)(H,18,19,20)/t9-,10-/m0/s1. The number of aliphatic hydroxyl groups excluding tert-OH is 2. The molecule has 1 rings (SSSR count). The third-order valence-corrected chi connectivity index (χ3v) is 3.74. The van der Waals surface area contributed by atoms with Gasteiger partial charge in [0.1, 0.15) is 42.7 Å². The van der Waals surface area contributed by atoms with Crippen LogP contribution in [0, 0.1) is 0 Å². The Morgan fingerprint density at radius 1 is 0.880 bits per heavy atom. The monoisotopic (exact) mass is 402 g/mol. The summed E-state index contributed by atoms with van der Waals surface area (Å²) in [6.45, 7) is -1.44. The van der Waals surface area contributed by atoms with Crippen molar-refractivity contribution in [2.45, 2.75) is 12.2 Å². The van der Waals surface area contributed by atoms with Gasteiger partial charge in [-0.05, 0) is 12.1 Å². The molecule has 0 radical (unpaired) electrons. The van der Waals surface area contributed by atoms with E-state index in [9.17, 15) is 27.0 Å². The molecule has 0 heterocycles. The minimum absolute atomic E-state index is 0.218. The Hall–Kier alpha value is -1.48. The highest BCUT2D eigenvalue weighted by Gasteiger charge is 2.15. The minimum Gasteiger partial charge on any atom is -0.491 e. The van der Waals surface area contributed by atoms with Crippen LogP contribution in [-0.2, 0) is 24.7 Å². The number of ether oxygens (including phenoxy) is 2. The fraction of sp³-hybridized carbons (Fsp3) is 0.500. The highest BCUT2D eigenvalue weighted by atomic mass is 32.3. The lowest BCUT2D eigenvalue weighted by Crippen LogP contribution is -2.26. The van der Waals surface area contributed by atoms with Gasteiger partial charge in [-0.15, -0.1) is 0 Å². The minimum atomic E-state index is -4.66. The zero-order valence-corrected chi connectivity index (χ0v) is 14.4. The van der Waals surface area contributed by atoms with Crippen LogP contribution in [0.2, 0.25) is 0 Å². The van der Waals surface area contributed by atoms with Gasteiger partial charge in [0, 0.05) is 6.07 Å². The third kappa shape index (κ3) is 10.9. The molecule has 0 bridgehead atoms. The van der Waals surface area contributed by atoms with E-state index in [4.69, 9.17) is 18.6 Å². The molecule has 25 heavy (non-hydrogen) atoms. The van der Waals surface area contributed by atoms with Gasteiger partial charge in [0.15, 0.2) is 0 Å². The van der Waals surface area contributed by atoms with Crippen LogP contribution < -0.4 is 9.47 Å². The molecule has 0 unspecified atom stereocenters. The van der Waals surface area contributed by atoms with Crippen molar-refractivity contribution in [2.75, 3.05) is 25.6 Å². The van der Waals surface area contributed by atoms with Crippen molar-refractivity contribution in [2.24, 2.45) is 0 Å². The van der Waals surface area contributed by atoms with Crippen LogP contribution in [-0.4, -0.2) is 73.9 Å². The zero-order valence-electron chi connectivity index (χ0n) is 12.8. The molecule has 144 valence electrons. The fourth-order valence-corrected chi connectivity index (χ4v) is 2.45. The Bertz CT molecular complexity index is 744. The predicted octanol–water partition coefficient (Wildman–Crippen LogP) is -1.13. The van der Waals surface area contributed by atoms with Gasteiger partial charge < -0.3 is 19.7 Å². The largest absolute Gasteiger partial charge is 0.491 e. The Morgan fingerprint density at radius 2 is 1.40 bits per heavy atom. The lowest BCUT2D eigenvalue weighted by atomic mass is 10.3. The fourth-order valence-electron chi connectivity index (χ4n) is 1.54. The molecule has 0 amide bonds. The molecule has 13 heteroatoms. The zero-order chi connectivity index (χ0) is 19.1. The van der Waals surface area contributed by atoms with Gasteiger partial charge in [0.25, 0.3) is 10.1 Å². The van der Waals surface area contributed by atoms with Crippen LogP contribution in [0.4, 0.5) is 0 Å².